The molecule has 0 spiro atoms. The van der Waals surface area contributed by atoms with Crippen molar-refractivity contribution in [3.8, 4) is 22.3 Å². The van der Waals surface area contributed by atoms with Crippen molar-refractivity contribution >= 4 is 60.5 Å². The maximum absolute atomic E-state index is 6.95. The van der Waals surface area contributed by atoms with E-state index >= 15 is 0 Å². The van der Waals surface area contributed by atoms with Crippen LogP contribution in [0.4, 0.5) is 17.1 Å². The molecular weight excluding hydrogens is 558 g/mol. The molecule has 0 atom stereocenters. The molecular formula is C44H29NO. The molecule has 0 fully saturated rings. The predicted octanol–water partition coefficient (Wildman–Crippen LogP) is 12.7. The van der Waals surface area contributed by atoms with Crippen LogP contribution < -0.4 is 4.90 Å². The Hall–Kier alpha value is -6.12. The molecule has 1 aromatic heterocycles. The van der Waals surface area contributed by atoms with Gasteiger partial charge in [0, 0.05) is 38.8 Å². The summed E-state index contributed by atoms with van der Waals surface area (Å²) >= 11 is 0. The van der Waals surface area contributed by atoms with Gasteiger partial charge >= 0.3 is 0 Å². The van der Waals surface area contributed by atoms with Gasteiger partial charge in [0.2, 0.25) is 0 Å². The molecule has 0 bridgehead atoms. The first-order valence-corrected chi connectivity index (χ1v) is 15.7. The number of anilines is 3. The lowest BCUT2D eigenvalue weighted by atomic mass is 9.95. The molecule has 0 saturated heterocycles. The van der Waals surface area contributed by atoms with E-state index in [0.717, 1.165) is 55.5 Å². The van der Waals surface area contributed by atoms with Crippen LogP contribution in [0.15, 0.2) is 180 Å². The van der Waals surface area contributed by atoms with Crippen molar-refractivity contribution in [3.63, 3.8) is 0 Å². The van der Waals surface area contributed by atoms with E-state index in [1.807, 2.05) is 0 Å². The fourth-order valence-electron chi connectivity index (χ4n) is 6.91. The summed E-state index contributed by atoms with van der Waals surface area (Å²) < 4.78 is 6.95. The smallest absolute Gasteiger partial charge is 0.143 e. The van der Waals surface area contributed by atoms with Crippen molar-refractivity contribution in [1.29, 1.82) is 0 Å². The Balaban J connectivity index is 1.36. The molecule has 2 heteroatoms. The van der Waals surface area contributed by atoms with Crippen LogP contribution in [0.3, 0.4) is 0 Å². The summed E-state index contributed by atoms with van der Waals surface area (Å²) in [5.41, 5.74) is 9.67. The molecule has 216 valence electrons. The predicted molar refractivity (Wildman–Crippen MR) is 194 cm³/mol. The molecule has 9 aromatic rings. The fourth-order valence-corrected chi connectivity index (χ4v) is 6.91. The maximum Gasteiger partial charge on any atom is 0.143 e. The molecule has 0 saturated carbocycles. The first-order chi connectivity index (χ1) is 22.8. The number of para-hydroxylation sites is 1. The van der Waals surface area contributed by atoms with E-state index in [2.05, 4.69) is 181 Å². The minimum atomic E-state index is 0.902. The Labute approximate surface area is 267 Å². The summed E-state index contributed by atoms with van der Waals surface area (Å²) in [4.78, 5) is 2.35. The minimum absolute atomic E-state index is 0.902. The zero-order valence-corrected chi connectivity index (χ0v) is 25.1. The van der Waals surface area contributed by atoms with Crippen LogP contribution in [0.5, 0.6) is 0 Å². The number of hydrogen-bond acceptors (Lipinski definition) is 2. The summed E-state index contributed by atoms with van der Waals surface area (Å²) in [6, 6.07) is 62.5. The monoisotopic (exact) mass is 587 g/mol. The zero-order valence-electron chi connectivity index (χ0n) is 25.1. The number of hydrogen-bond donors (Lipinski definition) is 0. The molecule has 0 unspecified atom stereocenters. The fraction of sp³-hybridized carbons (Fsp3) is 0. The summed E-state index contributed by atoms with van der Waals surface area (Å²) in [6.07, 6.45) is 0. The Bertz CT molecular complexity index is 2500. The quantitative estimate of drug-likeness (QED) is 0.186. The van der Waals surface area contributed by atoms with Gasteiger partial charge in [0.15, 0.2) is 0 Å². The second-order valence-electron chi connectivity index (χ2n) is 11.7. The van der Waals surface area contributed by atoms with Crippen molar-refractivity contribution in [2.24, 2.45) is 0 Å². The van der Waals surface area contributed by atoms with E-state index < -0.39 is 0 Å². The maximum atomic E-state index is 6.95. The third-order valence-electron chi connectivity index (χ3n) is 9.02. The Kier molecular flexibility index (Phi) is 6.17. The zero-order chi connectivity index (χ0) is 30.5. The van der Waals surface area contributed by atoms with Gasteiger partial charge in [0.25, 0.3) is 0 Å². The van der Waals surface area contributed by atoms with Crippen LogP contribution in [-0.2, 0) is 0 Å². The van der Waals surface area contributed by atoms with Crippen molar-refractivity contribution < 1.29 is 4.42 Å². The highest BCUT2D eigenvalue weighted by Crippen LogP contribution is 2.47. The van der Waals surface area contributed by atoms with Crippen LogP contribution >= 0.6 is 0 Å². The van der Waals surface area contributed by atoms with Crippen molar-refractivity contribution in [2.45, 2.75) is 0 Å². The average molecular weight is 588 g/mol. The van der Waals surface area contributed by atoms with Gasteiger partial charge < -0.3 is 9.32 Å². The van der Waals surface area contributed by atoms with E-state index in [4.69, 9.17) is 4.42 Å². The molecule has 0 aliphatic heterocycles. The second kappa shape index (κ2) is 10.8. The molecule has 2 nitrogen and oxygen atoms in total. The van der Waals surface area contributed by atoms with Gasteiger partial charge in [0.05, 0.1) is 0 Å². The number of fused-ring (bicyclic) bond motifs is 8. The minimum Gasteiger partial charge on any atom is -0.455 e. The molecule has 0 aliphatic rings. The van der Waals surface area contributed by atoms with Gasteiger partial charge in [-0.25, -0.2) is 0 Å². The highest BCUT2D eigenvalue weighted by molar-refractivity contribution is 6.31. The van der Waals surface area contributed by atoms with Crippen molar-refractivity contribution in [3.05, 3.63) is 176 Å². The summed E-state index contributed by atoms with van der Waals surface area (Å²) in [5.74, 6) is 0. The van der Waals surface area contributed by atoms with E-state index in [0.29, 0.717) is 0 Å². The first-order valence-electron chi connectivity index (χ1n) is 15.7. The van der Waals surface area contributed by atoms with Crippen molar-refractivity contribution in [1.82, 2.24) is 0 Å². The molecule has 9 rings (SSSR count). The van der Waals surface area contributed by atoms with Crippen LogP contribution in [0, 0.1) is 0 Å². The number of rotatable bonds is 5. The van der Waals surface area contributed by atoms with Gasteiger partial charge in [-0.1, -0.05) is 140 Å². The standard InChI is InChI=1S/C44H29NO/c1-4-14-30(15-5-1)31-24-26-34(27-25-31)45(33-18-8-3-9-19-33)35-28-40(32-16-6-2-7-17-32)43-41(29-35)42-38-22-12-10-20-36(38)37-21-11-13-23-39(37)44(42)46-43/h1-29H. The molecule has 0 aliphatic carbocycles. The van der Waals surface area contributed by atoms with Gasteiger partial charge in [0.1, 0.15) is 11.2 Å². The Morgan fingerprint density at radius 1 is 0.326 bits per heavy atom. The van der Waals surface area contributed by atoms with E-state index in [9.17, 15) is 0 Å². The van der Waals surface area contributed by atoms with Crippen molar-refractivity contribution in [2.75, 3.05) is 4.90 Å². The average Bonchev–Trinajstić information content (AvgIpc) is 3.53. The largest absolute Gasteiger partial charge is 0.455 e. The van der Waals surface area contributed by atoms with Crippen LogP contribution in [0.1, 0.15) is 0 Å². The molecule has 0 amide bonds. The molecule has 46 heavy (non-hydrogen) atoms. The third-order valence-corrected chi connectivity index (χ3v) is 9.02. The van der Waals surface area contributed by atoms with Gasteiger partial charge in [-0.15, -0.1) is 0 Å². The molecule has 1 heterocycles. The van der Waals surface area contributed by atoms with E-state index in [1.54, 1.807) is 0 Å². The van der Waals surface area contributed by atoms with Gasteiger partial charge in [-0.3, -0.25) is 0 Å². The van der Waals surface area contributed by atoms with Gasteiger partial charge in [-0.2, -0.15) is 0 Å². The number of furan rings is 1. The third kappa shape index (κ3) is 4.27. The van der Waals surface area contributed by atoms with Crippen LogP contribution in [0.25, 0.3) is 65.7 Å². The lowest BCUT2D eigenvalue weighted by molar-refractivity contribution is 0.674. The molecule has 0 N–H and O–H groups in total. The lowest BCUT2D eigenvalue weighted by Crippen LogP contribution is -2.10. The summed E-state index contributed by atoms with van der Waals surface area (Å²) in [6.45, 7) is 0. The topological polar surface area (TPSA) is 16.4 Å². The normalized spacial score (nSPS) is 11.5. The second-order valence-corrected chi connectivity index (χ2v) is 11.7. The first kappa shape index (κ1) is 26.3. The Morgan fingerprint density at radius 3 is 1.50 bits per heavy atom. The van der Waals surface area contributed by atoms with Crippen LogP contribution in [-0.4, -0.2) is 0 Å². The molecule has 0 radical (unpaired) electrons. The summed E-state index contributed by atoms with van der Waals surface area (Å²) in [5, 5.41) is 7.02. The lowest BCUT2D eigenvalue weighted by Gasteiger charge is -2.26. The Morgan fingerprint density at radius 2 is 0.826 bits per heavy atom. The van der Waals surface area contributed by atoms with E-state index in [-0.39, 0.29) is 0 Å². The summed E-state index contributed by atoms with van der Waals surface area (Å²) in [7, 11) is 0. The SMILES string of the molecule is c1ccc(-c2ccc(N(c3ccccc3)c3cc(-c4ccccc4)c4oc5c6ccccc6c6ccccc6c5c4c3)cc2)cc1. The van der Waals surface area contributed by atoms with Gasteiger partial charge in [-0.05, 0) is 69.2 Å². The van der Waals surface area contributed by atoms with Crippen LogP contribution in [0.2, 0.25) is 0 Å². The van der Waals surface area contributed by atoms with E-state index in [1.165, 1.54) is 27.3 Å². The highest BCUT2D eigenvalue weighted by atomic mass is 16.3. The molecule has 8 aromatic carbocycles. The number of benzene rings is 8. The number of nitrogens with zero attached hydrogens (tertiary/aromatic N) is 1. The highest BCUT2D eigenvalue weighted by Gasteiger charge is 2.22.